The Labute approximate surface area is 105 Å². The molecule has 0 unspecified atom stereocenters. The lowest BCUT2D eigenvalue weighted by Gasteiger charge is -2.02. The predicted octanol–water partition coefficient (Wildman–Crippen LogP) is 4.84. The molecule has 2 aromatic rings. The number of thiophene rings is 1. The van der Waals surface area contributed by atoms with E-state index in [1.54, 1.807) is 11.3 Å². The fourth-order valence-electron chi connectivity index (χ4n) is 1.35. The average molecular weight is 253 g/mol. The Balaban J connectivity index is 2.08. The van der Waals surface area contributed by atoms with E-state index in [0.29, 0.717) is 5.88 Å². The summed E-state index contributed by atoms with van der Waals surface area (Å²) in [5.41, 5.74) is 2.42. The first-order chi connectivity index (χ1) is 7.81. The van der Waals surface area contributed by atoms with E-state index in [2.05, 4.69) is 18.4 Å². The SMILES string of the molecule is CCc1csc(Oc2ccc(CCl)cc2)c1. The van der Waals surface area contributed by atoms with E-state index < -0.39 is 0 Å². The summed E-state index contributed by atoms with van der Waals surface area (Å²) in [5.74, 6) is 1.40. The lowest BCUT2D eigenvalue weighted by atomic mass is 10.2. The van der Waals surface area contributed by atoms with E-state index in [4.69, 9.17) is 16.3 Å². The number of benzene rings is 1. The lowest BCUT2D eigenvalue weighted by Crippen LogP contribution is -1.82. The topological polar surface area (TPSA) is 9.23 Å². The third-order valence-corrected chi connectivity index (χ3v) is 3.50. The number of hydrogen-bond donors (Lipinski definition) is 0. The van der Waals surface area contributed by atoms with Crippen LogP contribution in [0.3, 0.4) is 0 Å². The van der Waals surface area contributed by atoms with Gasteiger partial charge in [0.15, 0.2) is 5.06 Å². The van der Waals surface area contributed by atoms with Crippen LogP contribution in [0.25, 0.3) is 0 Å². The third kappa shape index (κ3) is 2.77. The fourth-order valence-corrected chi connectivity index (χ4v) is 2.40. The van der Waals surface area contributed by atoms with Crippen molar-refractivity contribution in [2.24, 2.45) is 0 Å². The molecule has 0 bridgehead atoms. The van der Waals surface area contributed by atoms with Gasteiger partial charge >= 0.3 is 0 Å². The summed E-state index contributed by atoms with van der Waals surface area (Å²) in [6.07, 6.45) is 1.05. The van der Waals surface area contributed by atoms with E-state index in [0.717, 1.165) is 22.8 Å². The summed E-state index contributed by atoms with van der Waals surface area (Å²) in [6, 6.07) is 9.94. The van der Waals surface area contributed by atoms with Gasteiger partial charge in [0.1, 0.15) is 5.75 Å². The second kappa shape index (κ2) is 5.37. The van der Waals surface area contributed by atoms with E-state index in [9.17, 15) is 0 Å². The lowest BCUT2D eigenvalue weighted by molar-refractivity contribution is 0.496. The van der Waals surface area contributed by atoms with Gasteiger partial charge in [-0.2, -0.15) is 0 Å². The van der Waals surface area contributed by atoms with Gasteiger partial charge in [-0.15, -0.1) is 22.9 Å². The second-order valence-corrected chi connectivity index (χ2v) is 4.65. The molecule has 0 saturated heterocycles. The Kier molecular flexibility index (Phi) is 3.86. The molecule has 0 atom stereocenters. The number of aryl methyl sites for hydroxylation is 1. The van der Waals surface area contributed by atoms with Gasteiger partial charge in [0.2, 0.25) is 0 Å². The molecule has 84 valence electrons. The summed E-state index contributed by atoms with van der Waals surface area (Å²) in [4.78, 5) is 0. The van der Waals surface area contributed by atoms with E-state index >= 15 is 0 Å². The Bertz CT molecular complexity index is 447. The normalized spacial score (nSPS) is 10.4. The van der Waals surface area contributed by atoms with Gasteiger partial charge in [0, 0.05) is 5.88 Å². The maximum Gasteiger partial charge on any atom is 0.181 e. The molecule has 0 aliphatic rings. The van der Waals surface area contributed by atoms with Crippen molar-refractivity contribution >= 4 is 22.9 Å². The second-order valence-electron chi connectivity index (χ2n) is 3.51. The summed E-state index contributed by atoms with van der Waals surface area (Å²) >= 11 is 7.35. The minimum atomic E-state index is 0.541. The largest absolute Gasteiger partial charge is 0.447 e. The van der Waals surface area contributed by atoms with Crippen LogP contribution >= 0.6 is 22.9 Å². The summed E-state index contributed by atoms with van der Waals surface area (Å²) in [7, 11) is 0. The van der Waals surface area contributed by atoms with E-state index in [1.165, 1.54) is 5.56 Å². The van der Waals surface area contributed by atoms with Crippen LogP contribution in [0.2, 0.25) is 0 Å². The molecule has 0 saturated carbocycles. The highest BCUT2D eigenvalue weighted by Gasteiger charge is 2.01. The molecule has 16 heavy (non-hydrogen) atoms. The third-order valence-electron chi connectivity index (χ3n) is 2.33. The first-order valence-corrected chi connectivity index (χ1v) is 6.63. The van der Waals surface area contributed by atoms with Crippen molar-refractivity contribution in [2.75, 3.05) is 0 Å². The van der Waals surface area contributed by atoms with Gasteiger partial charge in [0.05, 0.1) is 0 Å². The minimum Gasteiger partial charge on any atom is -0.447 e. The Morgan fingerprint density at radius 3 is 2.50 bits per heavy atom. The summed E-state index contributed by atoms with van der Waals surface area (Å²) in [6.45, 7) is 2.14. The summed E-state index contributed by atoms with van der Waals surface area (Å²) < 4.78 is 5.74. The fraction of sp³-hybridized carbons (Fsp3) is 0.231. The van der Waals surface area contributed by atoms with Crippen molar-refractivity contribution in [3.05, 3.63) is 46.8 Å². The molecule has 0 radical (unpaired) electrons. The van der Waals surface area contributed by atoms with Crippen molar-refractivity contribution in [3.8, 4) is 10.8 Å². The standard InChI is InChI=1S/C13H13ClOS/c1-2-10-7-13(16-9-10)15-12-5-3-11(8-14)4-6-12/h3-7,9H,2,8H2,1H3. The maximum absolute atomic E-state index is 5.74. The van der Waals surface area contributed by atoms with Crippen LogP contribution in [0.1, 0.15) is 18.1 Å². The number of halogens is 1. The van der Waals surface area contributed by atoms with Crippen molar-refractivity contribution in [3.63, 3.8) is 0 Å². The molecular formula is C13H13ClOS. The van der Waals surface area contributed by atoms with Gasteiger partial charge in [-0.25, -0.2) is 0 Å². The van der Waals surface area contributed by atoms with Gasteiger partial charge in [-0.3, -0.25) is 0 Å². The Hall–Kier alpha value is -0.990. The quantitative estimate of drug-likeness (QED) is 0.708. The average Bonchev–Trinajstić information content (AvgIpc) is 2.78. The van der Waals surface area contributed by atoms with Crippen LogP contribution in [0.15, 0.2) is 35.7 Å². The summed E-state index contributed by atoms with van der Waals surface area (Å²) in [5, 5.41) is 3.07. The van der Waals surface area contributed by atoms with Gasteiger partial charge in [-0.1, -0.05) is 19.1 Å². The maximum atomic E-state index is 5.74. The van der Waals surface area contributed by atoms with Crippen molar-refractivity contribution < 1.29 is 4.74 Å². The molecule has 0 spiro atoms. The number of ether oxygens (including phenoxy) is 1. The van der Waals surface area contributed by atoms with Crippen LogP contribution in [0, 0.1) is 0 Å². The molecular weight excluding hydrogens is 240 g/mol. The number of alkyl halides is 1. The predicted molar refractivity (Wildman–Crippen MR) is 69.8 cm³/mol. The molecule has 0 fully saturated rings. The van der Waals surface area contributed by atoms with Crippen LogP contribution in [0.4, 0.5) is 0 Å². The van der Waals surface area contributed by atoms with E-state index in [-0.39, 0.29) is 0 Å². The highest BCUT2D eigenvalue weighted by Crippen LogP contribution is 2.29. The molecule has 0 aliphatic carbocycles. The molecule has 0 N–H and O–H groups in total. The van der Waals surface area contributed by atoms with Crippen LogP contribution in [0.5, 0.6) is 10.8 Å². The van der Waals surface area contributed by atoms with Crippen molar-refractivity contribution in [1.29, 1.82) is 0 Å². The van der Waals surface area contributed by atoms with Crippen LogP contribution in [-0.2, 0) is 12.3 Å². The monoisotopic (exact) mass is 252 g/mol. The number of rotatable bonds is 4. The number of hydrogen-bond acceptors (Lipinski definition) is 2. The molecule has 1 heterocycles. The molecule has 1 aromatic heterocycles. The first kappa shape index (κ1) is 11.5. The molecule has 0 amide bonds. The van der Waals surface area contributed by atoms with Gasteiger partial charge in [-0.05, 0) is 41.1 Å². The highest BCUT2D eigenvalue weighted by molar-refractivity contribution is 7.12. The Morgan fingerprint density at radius 1 is 1.19 bits per heavy atom. The molecule has 2 rings (SSSR count). The zero-order chi connectivity index (χ0) is 11.4. The van der Waals surface area contributed by atoms with Gasteiger partial charge in [0.25, 0.3) is 0 Å². The molecule has 0 aliphatic heterocycles. The van der Waals surface area contributed by atoms with Crippen molar-refractivity contribution in [2.45, 2.75) is 19.2 Å². The van der Waals surface area contributed by atoms with Crippen LogP contribution < -0.4 is 4.74 Å². The smallest absolute Gasteiger partial charge is 0.181 e. The van der Waals surface area contributed by atoms with Gasteiger partial charge < -0.3 is 4.74 Å². The highest BCUT2D eigenvalue weighted by atomic mass is 35.5. The van der Waals surface area contributed by atoms with Crippen molar-refractivity contribution in [1.82, 2.24) is 0 Å². The first-order valence-electron chi connectivity index (χ1n) is 5.22. The van der Waals surface area contributed by atoms with E-state index in [1.807, 2.05) is 24.3 Å². The minimum absolute atomic E-state index is 0.541. The zero-order valence-electron chi connectivity index (χ0n) is 9.07. The molecule has 1 aromatic carbocycles. The molecule has 1 nitrogen and oxygen atoms in total. The van der Waals surface area contributed by atoms with Crippen LogP contribution in [-0.4, -0.2) is 0 Å². The zero-order valence-corrected chi connectivity index (χ0v) is 10.6. The Morgan fingerprint density at radius 2 is 1.94 bits per heavy atom. The molecule has 3 heteroatoms.